The molecule has 0 heterocycles. The van der Waals surface area contributed by atoms with Crippen LogP contribution in [-0.2, 0) is 51.2 Å². The topological polar surface area (TPSA) is 372 Å². The van der Waals surface area contributed by atoms with Gasteiger partial charge in [0.2, 0.25) is 41.4 Å². The number of carboxylic acids is 1. The summed E-state index contributed by atoms with van der Waals surface area (Å²) in [6.45, 7) is 5.95. The van der Waals surface area contributed by atoms with Crippen molar-refractivity contribution in [1.82, 2.24) is 37.2 Å². The van der Waals surface area contributed by atoms with Crippen molar-refractivity contribution in [1.29, 1.82) is 0 Å². The molecule has 0 radical (unpaired) electrons. The molecule has 22 nitrogen and oxygen atoms in total. The fourth-order valence-corrected chi connectivity index (χ4v) is 6.56. The van der Waals surface area contributed by atoms with E-state index < -0.39 is 103 Å². The first-order valence-electron chi connectivity index (χ1n) is 21.4. The Kier molecular flexibility index (Phi) is 23.8. The summed E-state index contributed by atoms with van der Waals surface area (Å²) in [5.74, 6) is -7.37. The van der Waals surface area contributed by atoms with Crippen LogP contribution in [0.3, 0.4) is 0 Å². The largest absolute Gasteiger partial charge is 0.508 e. The molecule has 2 aromatic carbocycles. The maximum absolute atomic E-state index is 14.1. The van der Waals surface area contributed by atoms with Gasteiger partial charge < -0.3 is 69.7 Å². The van der Waals surface area contributed by atoms with Crippen LogP contribution in [0.4, 0.5) is 0 Å². The van der Waals surface area contributed by atoms with Crippen molar-refractivity contribution >= 4 is 65.9 Å². The number of hydrogen-bond donors (Lipinski definition) is 14. The maximum Gasteiger partial charge on any atom is 0.326 e. The van der Waals surface area contributed by atoms with Gasteiger partial charge in [-0.2, -0.15) is 12.6 Å². The fraction of sp³-hybridized carbons (Fsp3) is 0.512. The Morgan fingerprint density at radius 3 is 1.56 bits per heavy atom. The molecule has 0 saturated heterocycles. The van der Waals surface area contributed by atoms with Crippen LogP contribution in [0.5, 0.6) is 11.5 Å². The molecular formula is C43H65N11O11S. The quantitative estimate of drug-likeness (QED) is 0.0191. The molecule has 0 unspecified atom stereocenters. The molecule has 23 heteroatoms. The number of nitrogens with one attached hydrogen (secondary N) is 7. The number of carbonyl (C=O) groups excluding carboxylic acids is 7. The molecule has 6 atom stereocenters. The van der Waals surface area contributed by atoms with Crippen LogP contribution in [0.2, 0.25) is 0 Å². The summed E-state index contributed by atoms with van der Waals surface area (Å²) in [6.07, 6.45) is 0.502. The normalized spacial score (nSPS) is 13.7. The van der Waals surface area contributed by atoms with E-state index in [4.69, 9.17) is 17.2 Å². The molecule has 364 valence electrons. The summed E-state index contributed by atoms with van der Waals surface area (Å²) in [5.41, 5.74) is 17.6. The number of rotatable bonds is 28. The van der Waals surface area contributed by atoms with Crippen LogP contribution < -0.4 is 54.4 Å². The highest BCUT2D eigenvalue weighted by molar-refractivity contribution is 7.80. The number of aliphatic imine (C=N–C) groups is 1. The second kappa shape index (κ2) is 28.3. The van der Waals surface area contributed by atoms with Crippen molar-refractivity contribution in [3.05, 3.63) is 59.7 Å². The highest BCUT2D eigenvalue weighted by Gasteiger charge is 2.33. The van der Waals surface area contributed by atoms with Gasteiger partial charge in [0.25, 0.3) is 0 Å². The number of guanidine groups is 1. The smallest absolute Gasteiger partial charge is 0.326 e. The lowest BCUT2D eigenvalue weighted by atomic mass is 9.99. The van der Waals surface area contributed by atoms with E-state index in [0.717, 1.165) is 0 Å². The standard InChI is InChI=1S/C43H65N11O11S/c1-23(2)18-33(42(64)65)51-35(58)22-49-38(60)30(15-17-66)52-39(61)32(20-26-9-13-28(56)14-10-26)53-41(63)36(24(3)4)54-40(62)31(19-25-7-11-27(55)12-8-25)50-34(57)21-48-37(59)29(44)6-5-16-47-43(45)46/h7-14,23-24,29-33,36,55-56,66H,5-6,15-22,44H2,1-4H3,(H,48,59)(H,49,60)(H,50,57)(H,51,58)(H,52,61)(H,53,63)(H,54,62)(H,64,65)(H4,45,46,47)/t29-,30-,31-,32-,33-,36-/m0/s1. The highest BCUT2D eigenvalue weighted by Crippen LogP contribution is 2.15. The Labute approximate surface area is 388 Å². The number of thiol groups is 1. The first-order valence-corrected chi connectivity index (χ1v) is 22.0. The predicted molar refractivity (Wildman–Crippen MR) is 248 cm³/mol. The molecule has 66 heavy (non-hydrogen) atoms. The van der Waals surface area contributed by atoms with Crippen LogP contribution in [0.15, 0.2) is 53.5 Å². The third-order valence-electron chi connectivity index (χ3n) is 9.83. The van der Waals surface area contributed by atoms with Gasteiger partial charge in [0.15, 0.2) is 5.96 Å². The molecule has 2 aromatic rings. The zero-order valence-electron chi connectivity index (χ0n) is 37.5. The zero-order chi connectivity index (χ0) is 49.5. The van der Waals surface area contributed by atoms with Crippen molar-refractivity contribution < 1.29 is 53.7 Å². The molecule has 16 N–H and O–H groups in total. The van der Waals surface area contributed by atoms with E-state index in [9.17, 15) is 53.7 Å². The third-order valence-corrected chi connectivity index (χ3v) is 10.1. The Bertz CT molecular complexity index is 1980. The van der Waals surface area contributed by atoms with Crippen molar-refractivity contribution in [2.24, 2.45) is 34.0 Å². The molecule has 0 aliphatic heterocycles. The number of phenols is 2. The predicted octanol–water partition coefficient (Wildman–Crippen LogP) is -1.97. The van der Waals surface area contributed by atoms with E-state index in [-0.39, 0.29) is 67.8 Å². The van der Waals surface area contributed by atoms with Crippen molar-refractivity contribution in [2.75, 3.05) is 25.4 Å². The molecule has 0 bridgehead atoms. The van der Waals surface area contributed by atoms with Gasteiger partial charge in [0, 0.05) is 19.4 Å². The van der Waals surface area contributed by atoms with E-state index in [0.29, 0.717) is 17.5 Å². The fourth-order valence-electron chi connectivity index (χ4n) is 6.30. The maximum atomic E-state index is 14.1. The second-order valence-electron chi connectivity index (χ2n) is 16.3. The van der Waals surface area contributed by atoms with Crippen molar-refractivity contribution in [3.63, 3.8) is 0 Å². The number of phenolic OH excluding ortho intramolecular Hbond substituents is 2. The van der Waals surface area contributed by atoms with E-state index in [1.165, 1.54) is 48.5 Å². The van der Waals surface area contributed by atoms with Crippen LogP contribution in [0, 0.1) is 11.8 Å². The summed E-state index contributed by atoms with van der Waals surface area (Å²) in [4.78, 5) is 109. The lowest BCUT2D eigenvalue weighted by Crippen LogP contribution is -2.60. The Balaban J connectivity index is 2.29. The van der Waals surface area contributed by atoms with Gasteiger partial charge in [-0.3, -0.25) is 38.6 Å². The van der Waals surface area contributed by atoms with E-state index in [1.807, 2.05) is 0 Å². The summed E-state index contributed by atoms with van der Waals surface area (Å²) in [7, 11) is 0. The third kappa shape index (κ3) is 20.9. The SMILES string of the molecule is CC(C)C[C@H](NC(=O)CNC(=O)[C@H](CCS)NC(=O)[C@H](Cc1ccc(O)cc1)NC(=O)[C@@H](NC(=O)[C@H](Cc1ccc(O)cc1)NC(=O)CNC(=O)[C@@H](N)CCCN=C(N)N)C(C)C)C(=O)O. The average molecular weight is 944 g/mol. The number of carboxylic acid groups (broad SMARTS) is 1. The van der Waals surface area contributed by atoms with Gasteiger partial charge in [-0.1, -0.05) is 52.0 Å². The van der Waals surface area contributed by atoms with Crippen molar-refractivity contribution in [2.45, 2.75) is 102 Å². The van der Waals surface area contributed by atoms with Crippen LogP contribution in [0.25, 0.3) is 0 Å². The number of benzene rings is 2. The van der Waals surface area contributed by atoms with Crippen LogP contribution >= 0.6 is 12.6 Å². The molecule has 0 aromatic heterocycles. The molecule has 0 fully saturated rings. The Hall–Kier alpha value is -6.62. The lowest BCUT2D eigenvalue weighted by molar-refractivity contribution is -0.142. The van der Waals surface area contributed by atoms with E-state index in [1.54, 1.807) is 27.7 Å². The monoisotopic (exact) mass is 943 g/mol. The Morgan fingerprint density at radius 1 is 0.621 bits per heavy atom. The number of carbonyl (C=O) groups is 8. The molecule has 0 aliphatic carbocycles. The lowest BCUT2D eigenvalue weighted by Gasteiger charge is -2.28. The number of hydrogen-bond acceptors (Lipinski definition) is 13. The molecule has 2 rings (SSSR count). The van der Waals surface area contributed by atoms with E-state index >= 15 is 0 Å². The van der Waals surface area contributed by atoms with Crippen LogP contribution in [-0.4, -0.2) is 130 Å². The average Bonchev–Trinajstić information content (AvgIpc) is 3.25. The van der Waals surface area contributed by atoms with Crippen LogP contribution in [0.1, 0.15) is 64.5 Å². The van der Waals surface area contributed by atoms with Crippen molar-refractivity contribution in [3.8, 4) is 11.5 Å². The molecular weight excluding hydrogens is 879 g/mol. The minimum Gasteiger partial charge on any atom is -0.508 e. The van der Waals surface area contributed by atoms with Gasteiger partial charge >= 0.3 is 5.97 Å². The molecule has 0 aliphatic rings. The van der Waals surface area contributed by atoms with Gasteiger partial charge in [0.1, 0.15) is 41.7 Å². The minimum atomic E-state index is -1.37. The molecule has 0 saturated carbocycles. The summed E-state index contributed by atoms with van der Waals surface area (Å²) < 4.78 is 0. The van der Waals surface area contributed by atoms with Gasteiger partial charge in [-0.15, -0.1) is 0 Å². The van der Waals surface area contributed by atoms with Gasteiger partial charge in [-0.05, 0) is 78.7 Å². The number of nitrogens with zero attached hydrogens (tertiary/aromatic N) is 1. The zero-order valence-corrected chi connectivity index (χ0v) is 38.4. The van der Waals surface area contributed by atoms with E-state index in [2.05, 4.69) is 54.8 Å². The molecule has 0 spiro atoms. The minimum absolute atomic E-state index is 0.0106. The number of aliphatic carboxylic acids is 1. The number of amides is 7. The summed E-state index contributed by atoms with van der Waals surface area (Å²) >= 11 is 4.20. The number of aromatic hydroxyl groups is 2. The summed E-state index contributed by atoms with van der Waals surface area (Å²) in [5, 5.41) is 46.8. The first kappa shape index (κ1) is 55.5. The first-order chi connectivity index (χ1) is 31.1. The molecule has 7 amide bonds. The highest BCUT2D eigenvalue weighted by atomic mass is 32.1. The van der Waals surface area contributed by atoms with Gasteiger partial charge in [-0.25, -0.2) is 4.79 Å². The summed E-state index contributed by atoms with van der Waals surface area (Å²) in [6, 6.07) is 4.22. The Morgan fingerprint density at radius 2 is 1.09 bits per heavy atom. The van der Waals surface area contributed by atoms with Gasteiger partial charge in [0.05, 0.1) is 19.1 Å². The number of nitrogens with two attached hydrogens (primary N) is 3. The second-order valence-corrected chi connectivity index (χ2v) is 16.8.